The Hall–Kier alpha value is -1.35. The van der Waals surface area contributed by atoms with Gasteiger partial charge in [-0.05, 0) is 30.4 Å². The normalized spacial score (nSPS) is 12.1. The van der Waals surface area contributed by atoms with Gasteiger partial charge in [-0.2, -0.15) is 0 Å². The lowest BCUT2D eigenvalue weighted by Crippen LogP contribution is -2.01. The van der Waals surface area contributed by atoms with E-state index in [4.69, 9.17) is 0 Å². The van der Waals surface area contributed by atoms with E-state index in [9.17, 15) is 9.90 Å². The van der Waals surface area contributed by atoms with E-state index in [1.807, 2.05) is 12.1 Å². The van der Waals surface area contributed by atoms with Crippen LogP contribution in [0, 0.1) is 0 Å². The maximum Gasteiger partial charge on any atom is 0.305 e. The molecule has 136 valence electrons. The van der Waals surface area contributed by atoms with Crippen molar-refractivity contribution in [3.8, 4) is 0 Å². The standard InChI is InChI=1S/C21H34O3/c1-3-4-5-6-7-8-9-12-20(22)19-16-14-18(15-17-19)11-10-13-21(23)24-2/h14-17,20,22H,3-13H2,1-2H3. The third-order valence-electron chi connectivity index (χ3n) is 4.52. The highest BCUT2D eigenvalue weighted by atomic mass is 16.5. The highest BCUT2D eigenvalue weighted by molar-refractivity contribution is 5.69. The van der Waals surface area contributed by atoms with Crippen LogP contribution >= 0.6 is 0 Å². The minimum Gasteiger partial charge on any atom is -0.469 e. The average molecular weight is 335 g/mol. The van der Waals surface area contributed by atoms with E-state index in [-0.39, 0.29) is 12.1 Å². The van der Waals surface area contributed by atoms with Gasteiger partial charge in [-0.1, -0.05) is 76.1 Å². The molecule has 0 aliphatic rings. The molecule has 1 atom stereocenters. The summed E-state index contributed by atoms with van der Waals surface area (Å²) in [5, 5.41) is 10.3. The average Bonchev–Trinajstić information content (AvgIpc) is 2.61. The SMILES string of the molecule is CCCCCCCCCC(O)c1ccc(CCCC(=O)OC)cc1. The Morgan fingerprint density at radius 1 is 1.00 bits per heavy atom. The van der Waals surface area contributed by atoms with Crippen molar-refractivity contribution in [2.75, 3.05) is 7.11 Å². The number of unbranched alkanes of at least 4 members (excludes halogenated alkanes) is 6. The van der Waals surface area contributed by atoms with Crippen LogP contribution in [0.1, 0.15) is 88.4 Å². The Morgan fingerprint density at radius 3 is 2.25 bits per heavy atom. The Morgan fingerprint density at radius 2 is 1.62 bits per heavy atom. The van der Waals surface area contributed by atoms with E-state index in [1.165, 1.54) is 51.2 Å². The number of rotatable bonds is 13. The summed E-state index contributed by atoms with van der Waals surface area (Å²) in [4.78, 5) is 11.1. The molecule has 1 unspecified atom stereocenters. The molecular weight excluding hydrogens is 300 g/mol. The third kappa shape index (κ3) is 9.07. The first-order valence-corrected chi connectivity index (χ1v) is 9.51. The molecule has 1 rings (SSSR count). The number of carbonyl (C=O) groups excluding carboxylic acids is 1. The molecule has 0 radical (unpaired) electrons. The smallest absolute Gasteiger partial charge is 0.305 e. The van der Waals surface area contributed by atoms with Crippen LogP contribution in [-0.4, -0.2) is 18.2 Å². The van der Waals surface area contributed by atoms with Crippen LogP contribution in [0.25, 0.3) is 0 Å². The van der Waals surface area contributed by atoms with E-state index in [2.05, 4.69) is 23.8 Å². The van der Waals surface area contributed by atoms with E-state index in [0.717, 1.165) is 31.2 Å². The largest absolute Gasteiger partial charge is 0.469 e. The van der Waals surface area contributed by atoms with E-state index >= 15 is 0 Å². The lowest BCUT2D eigenvalue weighted by Gasteiger charge is -2.11. The molecule has 1 aromatic rings. The number of aliphatic hydroxyl groups excluding tert-OH is 1. The first kappa shape index (κ1) is 20.7. The minimum absolute atomic E-state index is 0.156. The van der Waals surface area contributed by atoms with E-state index < -0.39 is 0 Å². The molecule has 0 aliphatic carbocycles. The molecule has 0 amide bonds. The number of methoxy groups -OCH3 is 1. The van der Waals surface area contributed by atoms with Gasteiger partial charge in [-0.15, -0.1) is 0 Å². The van der Waals surface area contributed by atoms with Crippen molar-refractivity contribution in [1.29, 1.82) is 0 Å². The summed E-state index contributed by atoms with van der Waals surface area (Å²) >= 11 is 0. The summed E-state index contributed by atoms with van der Waals surface area (Å²) in [5.41, 5.74) is 2.20. The van der Waals surface area contributed by atoms with Crippen molar-refractivity contribution in [2.24, 2.45) is 0 Å². The molecule has 0 aromatic heterocycles. The zero-order chi connectivity index (χ0) is 17.6. The summed E-state index contributed by atoms with van der Waals surface area (Å²) in [5.74, 6) is -0.156. The summed E-state index contributed by atoms with van der Waals surface area (Å²) in [6, 6.07) is 8.14. The number of esters is 1. The molecule has 0 heterocycles. The van der Waals surface area contributed by atoms with Gasteiger partial charge in [0.2, 0.25) is 0 Å². The van der Waals surface area contributed by atoms with E-state index in [0.29, 0.717) is 6.42 Å². The number of hydrogen-bond donors (Lipinski definition) is 1. The second-order valence-corrected chi connectivity index (χ2v) is 6.60. The number of aliphatic hydroxyl groups is 1. The van der Waals surface area contributed by atoms with Crippen molar-refractivity contribution in [3.63, 3.8) is 0 Å². The molecular formula is C21H34O3. The van der Waals surface area contributed by atoms with Crippen LogP contribution in [-0.2, 0) is 16.0 Å². The van der Waals surface area contributed by atoms with Gasteiger partial charge in [0.1, 0.15) is 0 Å². The summed E-state index contributed by atoms with van der Waals surface area (Å²) < 4.78 is 4.64. The predicted molar refractivity (Wildman–Crippen MR) is 99.0 cm³/mol. The molecule has 0 bridgehead atoms. The van der Waals surface area contributed by atoms with Crippen molar-refractivity contribution >= 4 is 5.97 Å². The van der Waals surface area contributed by atoms with Gasteiger partial charge >= 0.3 is 5.97 Å². The first-order chi connectivity index (χ1) is 11.7. The molecule has 3 nitrogen and oxygen atoms in total. The van der Waals surface area contributed by atoms with Crippen LogP contribution in [0.4, 0.5) is 0 Å². The van der Waals surface area contributed by atoms with Crippen LogP contribution in [0.15, 0.2) is 24.3 Å². The van der Waals surface area contributed by atoms with Crippen LogP contribution in [0.5, 0.6) is 0 Å². The van der Waals surface area contributed by atoms with Crippen LogP contribution < -0.4 is 0 Å². The van der Waals surface area contributed by atoms with Gasteiger partial charge < -0.3 is 9.84 Å². The van der Waals surface area contributed by atoms with Gasteiger partial charge in [-0.3, -0.25) is 4.79 Å². The van der Waals surface area contributed by atoms with Gasteiger partial charge in [0.05, 0.1) is 13.2 Å². The topological polar surface area (TPSA) is 46.5 Å². The van der Waals surface area contributed by atoms with Crippen molar-refractivity contribution < 1.29 is 14.6 Å². The summed E-state index contributed by atoms with van der Waals surface area (Å²) in [6.45, 7) is 2.24. The second kappa shape index (κ2) is 13.0. The van der Waals surface area contributed by atoms with Gasteiger partial charge in [-0.25, -0.2) is 0 Å². The number of aryl methyl sites for hydroxylation is 1. The fraction of sp³-hybridized carbons (Fsp3) is 0.667. The van der Waals surface area contributed by atoms with Gasteiger partial charge in [0, 0.05) is 6.42 Å². The monoisotopic (exact) mass is 334 g/mol. The van der Waals surface area contributed by atoms with Crippen molar-refractivity contribution in [3.05, 3.63) is 35.4 Å². The third-order valence-corrected chi connectivity index (χ3v) is 4.52. The Balaban J connectivity index is 2.20. The van der Waals surface area contributed by atoms with Gasteiger partial charge in [0.25, 0.3) is 0 Å². The lowest BCUT2D eigenvalue weighted by molar-refractivity contribution is -0.140. The van der Waals surface area contributed by atoms with Crippen molar-refractivity contribution in [2.45, 2.75) is 83.7 Å². The summed E-state index contributed by atoms with van der Waals surface area (Å²) in [6.07, 6.45) is 11.5. The second-order valence-electron chi connectivity index (χ2n) is 6.60. The quantitative estimate of drug-likeness (QED) is 0.390. The first-order valence-electron chi connectivity index (χ1n) is 9.51. The fourth-order valence-corrected chi connectivity index (χ4v) is 2.91. The van der Waals surface area contributed by atoms with Crippen molar-refractivity contribution in [1.82, 2.24) is 0 Å². The maximum absolute atomic E-state index is 11.1. The Kier molecular flexibility index (Phi) is 11.2. The number of hydrogen-bond acceptors (Lipinski definition) is 3. The molecule has 1 aromatic carbocycles. The number of carbonyl (C=O) groups is 1. The predicted octanol–water partition coefficient (Wildman–Crippen LogP) is 5.36. The molecule has 24 heavy (non-hydrogen) atoms. The maximum atomic E-state index is 11.1. The molecule has 0 saturated heterocycles. The highest BCUT2D eigenvalue weighted by Crippen LogP contribution is 2.21. The Bertz CT molecular complexity index is 439. The Labute approximate surface area is 147 Å². The molecule has 0 saturated carbocycles. The number of benzene rings is 1. The zero-order valence-corrected chi connectivity index (χ0v) is 15.4. The van der Waals surface area contributed by atoms with Crippen LogP contribution in [0.2, 0.25) is 0 Å². The van der Waals surface area contributed by atoms with Crippen LogP contribution in [0.3, 0.4) is 0 Å². The molecule has 0 spiro atoms. The lowest BCUT2D eigenvalue weighted by atomic mass is 9.99. The van der Waals surface area contributed by atoms with Gasteiger partial charge in [0.15, 0.2) is 0 Å². The molecule has 1 N–H and O–H groups in total. The molecule has 3 heteroatoms. The highest BCUT2D eigenvalue weighted by Gasteiger charge is 2.07. The number of ether oxygens (including phenoxy) is 1. The fourth-order valence-electron chi connectivity index (χ4n) is 2.91. The molecule has 0 fully saturated rings. The molecule has 0 aliphatic heterocycles. The summed E-state index contributed by atoms with van der Waals surface area (Å²) in [7, 11) is 1.42. The zero-order valence-electron chi connectivity index (χ0n) is 15.4. The van der Waals surface area contributed by atoms with E-state index in [1.54, 1.807) is 0 Å². The minimum atomic E-state index is -0.357.